The summed E-state index contributed by atoms with van der Waals surface area (Å²) in [6.45, 7) is 4.15. The van der Waals surface area contributed by atoms with Gasteiger partial charge in [0.2, 0.25) is 0 Å². The minimum absolute atomic E-state index is 0.104. The molecule has 0 amide bonds. The van der Waals surface area contributed by atoms with E-state index in [1.54, 1.807) is 17.4 Å². The van der Waals surface area contributed by atoms with Crippen molar-refractivity contribution in [2.24, 2.45) is 0 Å². The van der Waals surface area contributed by atoms with Gasteiger partial charge in [0, 0.05) is 17.0 Å². The molecule has 0 aliphatic heterocycles. The largest absolute Gasteiger partial charge is 0.301 e. The summed E-state index contributed by atoms with van der Waals surface area (Å²) in [5, 5.41) is 5.51. The van der Waals surface area contributed by atoms with Crippen molar-refractivity contribution in [1.29, 1.82) is 0 Å². The number of nitrogens with zero attached hydrogens (tertiary/aromatic N) is 1. The zero-order chi connectivity index (χ0) is 12.3. The van der Waals surface area contributed by atoms with Crippen molar-refractivity contribution in [3.05, 3.63) is 52.2 Å². The van der Waals surface area contributed by atoms with Crippen LogP contribution in [0.4, 0.5) is 4.39 Å². The molecular formula is C13H15FN2S. The smallest absolute Gasteiger partial charge is 0.141 e. The molecule has 0 spiro atoms. The number of thiophene rings is 1. The van der Waals surface area contributed by atoms with E-state index in [1.807, 2.05) is 13.0 Å². The molecule has 2 heterocycles. The highest BCUT2D eigenvalue weighted by atomic mass is 32.1. The van der Waals surface area contributed by atoms with Gasteiger partial charge in [-0.2, -0.15) is 0 Å². The van der Waals surface area contributed by atoms with Gasteiger partial charge < -0.3 is 5.32 Å². The van der Waals surface area contributed by atoms with Crippen LogP contribution in [0.5, 0.6) is 0 Å². The van der Waals surface area contributed by atoms with E-state index in [0.29, 0.717) is 0 Å². The molecule has 0 radical (unpaired) electrons. The highest BCUT2D eigenvalue weighted by Gasteiger charge is 2.12. The van der Waals surface area contributed by atoms with Gasteiger partial charge in [-0.25, -0.2) is 4.39 Å². The van der Waals surface area contributed by atoms with Crippen LogP contribution in [0, 0.1) is 5.82 Å². The molecule has 1 N–H and O–H groups in total. The van der Waals surface area contributed by atoms with Crippen molar-refractivity contribution >= 4 is 11.3 Å². The minimum atomic E-state index is -0.299. The monoisotopic (exact) mass is 250 g/mol. The fourth-order valence-electron chi connectivity index (χ4n) is 1.72. The third kappa shape index (κ3) is 3.11. The Kier molecular flexibility index (Phi) is 3.86. The molecule has 2 nitrogen and oxygen atoms in total. The summed E-state index contributed by atoms with van der Waals surface area (Å²) in [5.41, 5.74) is 0.856. The van der Waals surface area contributed by atoms with Crippen LogP contribution in [0.25, 0.3) is 0 Å². The summed E-state index contributed by atoms with van der Waals surface area (Å²) in [6.07, 6.45) is 1.25. The van der Waals surface area contributed by atoms with Crippen LogP contribution in [0.15, 0.2) is 35.8 Å². The van der Waals surface area contributed by atoms with Gasteiger partial charge in [0.1, 0.15) is 5.82 Å². The Morgan fingerprint density at radius 1 is 1.24 bits per heavy atom. The molecule has 0 fully saturated rings. The molecule has 0 aliphatic carbocycles. The van der Waals surface area contributed by atoms with Gasteiger partial charge in [-0.05, 0) is 37.4 Å². The molecule has 2 rings (SSSR count). The summed E-state index contributed by atoms with van der Waals surface area (Å²) in [4.78, 5) is 5.37. The normalized spacial score (nSPS) is 14.5. The number of pyridine rings is 1. The van der Waals surface area contributed by atoms with E-state index in [9.17, 15) is 4.39 Å². The van der Waals surface area contributed by atoms with E-state index in [2.05, 4.69) is 28.7 Å². The molecular weight excluding hydrogens is 235 g/mol. The van der Waals surface area contributed by atoms with Gasteiger partial charge in [0.15, 0.2) is 0 Å². The number of halogens is 1. The quantitative estimate of drug-likeness (QED) is 0.895. The molecule has 0 saturated carbocycles. The zero-order valence-corrected chi connectivity index (χ0v) is 10.7. The van der Waals surface area contributed by atoms with Crippen LogP contribution < -0.4 is 5.32 Å². The van der Waals surface area contributed by atoms with Crippen LogP contribution in [0.3, 0.4) is 0 Å². The van der Waals surface area contributed by atoms with E-state index in [1.165, 1.54) is 17.1 Å². The first-order valence-corrected chi connectivity index (χ1v) is 6.45. The van der Waals surface area contributed by atoms with Crippen molar-refractivity contribution in [3.63, 3.8) is 0 Å². The molecule has 4 heteroatoms. The molecule has 0 aliphatic rings. The number of nitrogens with one attached hydrogen (secondary N) is 1. The van der Waals surface area contributed by atoms with E-state index in [-0.39, 0.29) is 17.9 Å². The van der Waals surface area contributed by atoms with E-state index in [4.69, 9.17) is 0 Å². The Morgan fingerprint density at radius 3 is 2.65 bits per heavy atom. The lowest BCUT2D eigenvalue weighted by molar-refractivity contribution is 0.489. The van der Waals surface area contributed by atoms with E-state index >= 15 is 0 Å². The molecule has 2 aromatic heterocycles. The van der Waals surface area contributed by atoms with Crippen LogP contribution in [-0.2, 0) is 0 Å². The third-order valence-corrected chi connectivity index (χ3v) is 3.72. The van der Waals surface area contributed by atoms with Gasteiger partial charge in [-0.15, -0.1) is 11.3 Å². The second kappa shape index (κ2) is 5.38. The molecule has 17 heavy (non-hydrogen) atoms. The van der Waals surface area contributed by atoms with E-state index in [0.717, 1.165) is 5.69 Å². The Hall–Kier alpha value is -1.26. The predicted octanol–water partition coefficient (Wildman–Crippen LogP) is 3.69. The number of rotatable bonds is 4. The average molecular weight is 250 g/mol. The minimum Gasteiger partial charge on any atom is -0.301 e. The molecule has 90 valence electrons. The number of hydrogen-bond acceptors (Lipinski definition) is 3. The second-order valence-electron chi connectivity index (χ2n) is 4.03. The van der Waals surface area contributed by atoms with Crippen LogP contribution in [0.2, 0.25) is 0 Å². The molecule has 1 unspecified atom stereocenters. The van der Waals surface area contributed by atoms with Gasteiger partial charge in [0.25, 0.3) is 0 Å². The van der Waals surface area contributed by atoms with Gasteiger partial charge >= 0.3 is 0 Å². The summed E-state index contributed by atoms with van der Waals surface area (Å²) in [6, 6.07) is 7.68. The zero-order valence-electron chi connectivity index (χ0n) is 9.85. The Balaban J connectivity index is 2.01. The fourth-order valence-corrected chi connectivity index (χ4v) is 2.47. The first-order chi connectivity index (χ1) is 8.16. The summed E-state index contributed by atoms with van der Waals surface area (Å²) in [5.74, 6) is -0.299. The first-order valence-electron chi connectivity index (χ1n) is 5.57. The molecule has 2 aromatic rings. The lowest BCUT2D eigenvalue weighted by Gasteiger charge is -2.18. The molecule has 0 saturated heterocycles. The van der Waals surface area contributed by atoms with E-state index < -0.39 is 0 Å². The van der Waals surface area contributed by atoms with Crippen LogP contribution in [-0.4, -0.2) is 4.98 Å². The second-order valence-corrected chi connectivity index (χ2v) is 5.01. The summed E-state index contributed by atoms with van der Waals surface area (Å²) in [7, 11) is 0. The predicted molar refractivity (Wildman–Crippen MR) is 68.5 cm³/mol. The number of hydrogen-bond donors (Lipinski definition) is 1. The van der Waals surface area contributed by atoms with Crippen LogP contribution in [0.1, 0.15) is 36.5 Å². The van der Waals surface area contributed by atoms with Crippen molar-refractivity contribution in [2.75, 3.05) is 0 Å². The molecule has 0 bridgehead atoms. The Morgan fingerprint density at radius 2 is 2.06 bits per heavy atom. The maximum atomic E-state index is 12.8. The highest BCUT2D eigenvalue weighted by Crippen LogP contribution is 2.21. The number of aromatic nitrogens is 1. The standard InChI is InChI=1S/C13H15FN2S/c1-9(12-6-5-11(14)8-15-12)16-10(2)13-4-3-7-17-13/h3-10,16H,1-2H3/t9?,10-/m0/s1. The lowest BCUT2D eigenvalue weighted by atomic mass is 10.1. The summed E-state index contributed by atoms with van der Waals surface area (Å²) >= 11 is 1.73. The summed E-state index contributed by atoms with van der Waals surface area (Å²) < 4.78 is 12.8. The fraction of sp³-hybridized carbons (Fsp3) is 0.308. The van der Waals surface area contributed by atoms with Gasteiger partial charge in [0.05, 0.1) is 11.9 Å². The van der Waals surface area contributed by atoms with Crippen molar-refractivity contribution in [3.8, 4) is 0 Å². The SMILES string of the molecule is CC(N[C@@H](C)c1cccs1)c1ccc(F)cn1. The third-order valence-electron chi connectivity index (χ3n) is 2.66. The van der Waals surface area contributed by atoms with Gasteiger partial charge in [-0.3, -0.25) is 4.98 Å². The first kappa shape index (κ1) is 12.2. The van der Waals surface area contributed by atoms with Crippen LogP contribution >= 0.6 is 11.3 Å². The van der Waals surface area contributed by atoms with Crippen molar-refractivity contribution < 1.29 is 4.39 Å². The molecule has 0 aromatic carbocycles. The Bertz CT molecular complexity index is 453. The van der Waals surface area contributed by atoms with Crippen molar-refractivity contribution in [1.82, 2.24) is 10.3 Å². The van der Waals surface area contributed by atoms with Crippen molar-refractivity contribution in [2.45, 2.75) is 25.9 Å². The lowest BCUT2D eigenvalue weighted by Crippen LogP contribution is -2.22. The van der Waals surface area contributed by atoms with Gasteiger partial charge in [-0.1, -0.05) is 6.07 Å². The average Bonchev–Trinajstić information content (AvgIpc) is 2.83. The highest BCUT2D eigenvalue weighted by molar-refractivity contribution is 7.10. The molecule has 2 atom stereocenters. The maximum absolute atomic E-state index is 12.8. The maximum Gasteiger partial charge on any atom is 0.141 e. The Labute approximate surface area is 105 Å². The topological polar surface area (TPSA) is 24.9 Å².